The highest BCUT2D eigenvalue weighted by molar-refractivity contribution is 5.92. The van der Waals surface area contributed by atoms with Crippen LogP contribution in [0.25, 0.3) is 0 Å². The van der Waals surface area contributed by atoms with Crippen LogP contribution in [-0.2, 0) is 14.3 Å². The molecule has 0 aliphatic carbocycles. The van der Waals surface area contributed by atoms with Crippen molar-refractivity contribution in [1.82, 2.24) is 15.5 Å². The number of alkyl carbamates (subject to hydrolysis) is 1. The van der Waals surface area contributed by atoms with Crippen LogP contribution in [0.5, 0.6) is 5.75 Å². The van der Waals surface area contributed by atoms with Gasteiger partial charge in [0.05, 0.1) is 0 Å². The van der Waals surface area contributed by atoms with E-state index in [-0.39, 0.29) is 17.7 Å². The Morgan fingerprint density at radius 2 is 1.67 bits per heavy atom. The molecule has 0 saturated carbocycles. The minimum absolute atomic E-state index is 0.0622. The molecular formula is C28H47N3O5. The third kappa shape index (κ3) is 10.5. The Kier molecular flexibility index (Phi) is 12.8. The van der Waals surface area contributed by atoms with Crippen LogP contribution in [0.4, 0.5) is 4.79 Å². The van der Waals surface area contributed by atoms with Gasteiger partial charge < -0.3 is 25.4 Å². The Morgan fingerprint density at radius 3 is 2.22 bits per heavy atom. The first-order valence-corrected chi connectivity index (χ1v) is 13.2. The number of ether oxygens (including phenoxy) is 1. The number of aromatic hydroxyl groups is 1. The van der Waals surface area contributed by atoms with Gasteiger partial charge in [0.15, 0.2) is 0 Å². The second kappa shape index (κ2) is 14.7. The van der Waals surface area contributed by atoms with E-state index in [1.54, 1.807) is 45.9 Å². The summed E-state index contributed by atoms with van der Waals surface area (Å²) in [5.41, 5.74) is -0.368. The Balaban J connectivity index is 3.39. The molecule has 204 valence electrons. The first-order valence-electron chi connectivity index (χ1n) is 13.2. The summed E-state index contributed by atoms with van der Waals surface area (Å²) in [5.74, 6) is -0.433. The molecule has 3 atom stereocenters. The second-order valence-electron chi connectivity index (χ2n) is 10.9. The largest absolute Gasteiger partial charge is 0.508 e. The number of phenolic OH excluding ortho intramolecular Hbond substituents is 1. The van der Waals surface area contributed by atoms with Gasteiger partial charge in [0, 0.05) is 18.2 Å². The van der Waals surface area contributed by atoms with Gasteiger partial charge in [-0.1, -0.05) is 51.8 Å². The van der Waals surface area contributed by atoms with Gasteiger partial charge in [-0.3, -0.25) is 9.59 Å². The molecule has 8 nitrogen and oxygen atoms in total. The predicted molar refractivity (Wildman–Crippen MR) is 143 cm³/mol. The zero-order valence-electron chi connectivity index (χ0n) is 23.4. The fourth-order valence-electron chi connectivity index (χ4n) is 3.90. The smallest absolute Gasteiger partial charge is 0.408 e. The molecule has 0 saturated heterocycles. The third-order valence-corrected chi connectivity index (χ3v) is 5.83. The minimum atomic E-state index is -1.05. The average Bonchev–Trinajstić information content (AvgIpc) is 2.77. The van der Waals surface area contributed by atoms with Crippen molar-refractivity contribution < 1.29 is 24.2 Å². The molecular weight excluding hydrogens is 458 g/mol. The molecule has 0 radical (unpaired) electrons. The van der Waals surface area contributed by atoms with Gasteiger partial charge in [-0.2, -0.15) is 0 Å². The number of hydrogen-bond acceptors (Lipinski definition) is 5. The molecule has 3 amide bonds. The van der Waals surface area contributed by atoms with E-state index in [9.17, 15) is 19.5 Å². The molecule has 1 aromatic rings. The van der Waals surface area contributed by atoms with Crippen LogP contribution in [0.15, 0.2) is 24.3 Å². The molecule has 0 spiro atoms. The van der Waals surface area contributed by atoms with Crippen molar-refractivity contribution in [3.63, 3.8) is 0 Å². The second-order valence-corrected chi connectivity index (χ2v) is 10.9. The van der Waals surface area contributed by atoms with E-state index >= 15 is 0 Å². The lowest BCUT2D eigenvalue weighted by molar-refractivity contribution is -0.145. The highest BCUT2D eigenvalue weighted by Gasteiger charge is 2.38. The lowest BCUT2D eigenvalue weighted by Crippen LogP contribution is -2.54. The van der Waals surface area contributed by atoms with Crippen LogP contribution in [-0.4, -0.2) is 52.1 Å². The van der Waals surface area contributed by atoms with E-state index in [0.717, 1.165) is 25.7 Å². The predicted octanol–water partition coefficient (Wildman–Crippen LogP) is 5.31. The van der Waals surface area contributed by atoms with Crippen LogP contribution in [0, 0.1) is 5.92 Å². The first kappa shape index (κ1) is 31.3. The molecule has 3 N–H and O–H groups in total. The number of nitrogens with zero attached hydrogens (tertiary/aromatic N) is 1. The molecule has 0 aliphatic heterocycles. The summed E-state index contributed by atoms with van der Waals surface area (Å²) in [7, 11) is 0. The van der Waals surface area contributed by atoms with E-state index in [1.165, 1.54) is 11.0 Å². The fraction of sp³-hybridized carbons (Fsp3) is 0.679. The Bertz CT molecular complexity index is 850. The van der Waals surface area contributed by atoms with Crippen LogP contribution in [0.1, 0.15) is 99.1 Å². The fourth-order valence-corrected chi connectivity index (χ4v) is 3.90. The summed E-state index contributed by atoms with van der Waals surface area (Å²) in [6.45, 7) is 15.5. The quantitative estimate of drug-likeness (QED) is 0.315. The van der Waals surface area contributed by atoms with Gasteiger partial charge in [-0.05, 0) is 65.9 Å². The lowest BCUT2D eigenvalue weighted by atomic mass is 9.96. The Morgan fingerprint density at radius 1 is 1.03 bits per heavy atom. The molecule has 3 unspecified atom stereocenters. The summed E-state index contributed by atoms with van der Waals surface area (Å²) in [4.78, 5) is 41.3. The minimum Gasteiger partial charge on any atom is -0.508 e. The molecule has 0 aliphatic rings. The number of para-hydroxylation sites is 1. The number of rotatable bonds is 13. The summed E-state index contributed by atoms with van der Waals surface area (Å²) in [6, 6.07) is 4.26. The van der Waals surface area contributed by atoms with E-state index in [1.807, 2.05) is 6.92 Å². The topological polar surface area (TPSA) is 108 Å². The normalized spacial score (nSPS) is 14.0. The Hall–Kier alpha value is -2.77. The monoisotopic (exact) mass is 505 g/mol. The maximum absolute atomic E-state index is 13.8. The van der Waals surface area contributed by atoms with Gasteiger partial charge in [0.1, 0.15) is 23.4 Å². The van der Waals surface area contributed by atoms with Gasteiger partial charge in [-0.15, -0.1) is 0 Å². The highest BCUT2D eigenvalue weighted by Crippen LogP contribution is 2.32. The van der Waals surface area contributed by atoms with Crippen molar-refractivity contribution in [3.05, 3.63) is 29.8 Å². The zero-order valence-corrected chi connectivity index (χ0v) is 23.4. The number of nitrogens with one attached hydrogen (secondary N) is 2. The maximum atomic E-state index is 13.8. The maximum Gasteiger partial charge on any atom is 0.408 e. The first-order chi connectivity index (χ1) is 16.8. The van der Waals surface area contributed by atoms with E-state index < -0.39 is 29.7 Å². The van der Waals surface area contributed by atoms with Crippen molar-refractivity contribution in [3.8, 4) is 5.75 Å². The third-order valence-electron chi connectivity index (χ3n) is 5.83. The molecule has 0 bridgehead atoms. The van der Waals surface area contributed by atoms with Crippen LogP contribution in [0.2, 0.25) is 0 Å². The van der Waals surface area contributed by atoms with Crippen LogP contribution >= 0.6 is 0 Å². The summed E-state index contributed by atoms with van der Waals surface area (Å²) in [5, 5.41) is 16.2. The number of hydrogen-bond donors (Lipinski definition) is 3. The van der Waals surface area contributed by atoms with E-state index in [2.05, 4.69) is 31.4 Å². The molecule has 36 heavy (non-hydrogen) atoms. The van der Waals surface area contributed by atoms with Crippen LogP contribution in [0.3, 0.4) is 0 Å². The summed E-state index contributed by atoms with van der Waals surface area (Å²) >= 11 is 0. The molecule has 1 aromatic carbocycles. The van der Waals surface area contributed by atoms with Crippen molar-refractivity contribution in [2.75, 3.05) is 6.54 Å². The van der Waals surface area contributed by atoms with Crippen molar-refractivity contribution in [2.45, 2.75) is 111 Å². The summed E-state index contributed by atoms with van der Waals surface area (Å²) < 4.78 is 5.33. The highest BCUT2D eigenvalue weighted by atomic mass is 16.6. The summed E-state index contributed by atoms with van der Waals surface area (Å²) in [6.07, 6.45) is 3.62. The SMILES string of the molecule is CCCCCNC(=O)C(c1ccccc1O)N(C(=O)C(C)NC(=O)OC(C)(C)C)C(C)CCC(C)C. The van der Waals surface area contributed by atoms with Gasteiger partial charge in [0.2, 0.25) is 11.8 Å². The van der Waals surface area contributed by atoms with E-state index in [0.29, 0.717) is 24.4 Å². The number of unbranched alkanes of at least 4 members (excludes halogenated alkanes) is 2. The van der Waals surface area contributed by atoms with Gasteiger partial charge in [-0.25, -0.2) is 4.79 Å². The molecule has 0 aromatic heterocycles. The lowest BCUT2D eigenvalue weighted by Gasteiger charge is -2.38. The standard InChI is InChI=1S/C28H47N3O5/c1-9-10-13-18-29-25(33)24(22-14-11-12-15-23(22)32)31(20(4)17-16-19(2)3)26(34)21(5)30-27(35)36-28(6,7)8/h11-12,14-15,19-21,24,32H,9-10,13,16-18H2,1-8H3,(H,29,33)(H,30,35). The van der Waals surface area contributed by atoms with Crippen molar-refractivity contribution in [1.29, 1.82) is 0 Å². The molecule has 8 heteroatoms. The molecule has 0 fully saturated rings. The zero-order chi connectivity index (χ0) is 27.5. The Labute approximate surface area is 217 Å². The van der Waals surface area contributed by atoms with Gasteiger partial charge >= 0.3 is 6.09 Å². The number of carbonyl (C=O) groups excluding carboxylic acids is 3. The molecule has 0 heterocycles. The average molecular weight is 506 g/mol. The number of carbonyl (C=O) groups is 3. The number of amides is 3. The van der Waals surface area contributed by atoms with Gasteiger partial charge in [0.25, 0.3) is 0 Å². The van der Waals surface area contributed by atoms with Crippen molar-refractivity contribution in [2.24, 2.45) is 5.92 Å². The van der Waals surface area contributed by atoms with Crippen molar-refractivity contribution >= 4 is 17.9 Å². The van der Waals surface area contributed by atoms with Crippen LogP contribution < -0.4 is 10.6 Å². The van der Waals surface area contributed by atoms with E-state index in [4.69, 9.17) is 4.74 Å². The molecule has 1 rings (SSSR count). The number of phenols is 1. The number of benzene rings is 1.